The third kappa shape index (κ3) is 6.89. The van der Waals surface area contributed by atoms with E-state index < -0.39 is 0 Å². The highest BCUT2D eigenvalue weighted by molar-refractivity contribution is 5.94. The zero-order chi connectivity index (χ0) is 30.5. The van der Waals surface area contributed by atoms with Gasteiger partial charge in [0.1, 0.15) is 5.82 Å². The zero-order valence-corrected chi connectivity index (χ0v) is 25.9. The van der Waals surface area contributed by atoms with Gasteiger partial charge in [0.15, 0.2) is 0 Å². The Kier molecular flexibility index (Phi) is 9.43. The summed E-state index contributed by atoms with van der Waals surface area (Å²) in [5, 5.41) is 5.99. The first-order chi connectivity index (χ1) is 21.5. The number of carbonyl (C=O) groups is 2. The zero-order valence-electron chi connectivity index (χ0n) is 25.9. The summed E-state index contributed by atoms with van der Waals surface area (Å²) in [5.41, 5.74) is 4.96. The Hall–Kier alpha value is -3.95. The molecule has 0 bridgehead atoms. The molecule has 3 fully saturated rings. The van der Waals surface area contributed by atoms with Crippen molar-refractivity contribution in [3.63, 3.8) is 0 Å². The Bertz CT molecular complexity index is 1420. The summed E-state index contributed by atoms with van der Waals surface area (Å²) in [5.74, 6) is 1.20. The maximum absolute atomic E-state index is 13.9. The van der Waals surface area contributed by atoms with Crippen molar-refractivity contribution in [3.05, 3.63) is 89.1 Å². The lowest BCUT2D eigenvalue weighted by Crippen LogP contribution is -2.47. The number of aromatic nitrogens is 1. The number of nitrogens with zero attached hydrogens (tertiary/aromatic N) is 4. The van der Waals surface area contributed by atoms with Crippen LogP contribution in [0.15, 0.2) is 66.7 Å². The number of carbonyl (C=O) groups excluding carboxylic acids is 2. The third-order valence-corrected chi connectivity index (χ3v) is 9.41. The standard InChI is InChI=1S/C35H44N6O3/c1-25-29(10-13-33(37-25)38-30-11-8-28(9-12-30)34(42)36-2)23-39-18-14-31(15-19-39)41-32(27-6-4-3-5-7-27)24-40(35(41)43)22-26-16-20-44-21-17-26/h3-13,26,31-32H,14-24H2,1-2H3,(H,36,42)(H,37,38). The van der Waals surface area contributed by atoms with Crippen molar-refractivity contribution in [2.24, 2.45) is 5.92 Å². The first kappa shape index (κ1) is 30.1. The normalized spacial score (nSPS) is 20.2. The summed E-state index contributed by atoms with van der Waals surface area (Å²) in [6.07, 6.45) is 4.02. The number of pyridine rings is 1. The lowest BCUT2D eigenvalue weighted by molar-refractivity contribution is 0.0574. The van der Waals surface area contributed by atoms with Crippen LogP contribution in [0.2, 0.25) is 0 Å². The highest BCUT2D eigenvalue weighted by Gasteiger charge is 2.43. The van der Waals surface area contributed by atoms with Crippen molar-refractivity contribution in [2.75, 3.05) is 51.8 Å². The fraction of sp³-hybridized carbons (Fsp3) is 0.457. The number of hydrogen-bond donors (Lipinski definition) is 2. The van der Waals surface area contributed by atoms with Gasteiger partial charge in [0.25, 0.3) is 5.91 Å². The number of piperidine rings is 1. The van der Waals surface area contributed by atoms with Crippen LogP contribution in [0, 0.1) is 12.8 Å². The highest BCUT2D eigenvalue weighted by Crippen LogP contribution is 2.36. The van der Waals surface area contributed by atoms with Crippen LogP contribution in [0.3, 0.4) is 0 Å². The summed E-state index contributed by atoms with van der Waals surface area (Å²) in [4.78, 5) is 37.3. The molecule has 3 saturated heterocycles. The highest BCUT2D eigenvalue weighted by atomic mass is 16.5. The number of rotatable bonds is 9. The maximum atomic E-state index is 13.9. The van der Waals surface area contributed by atoms with Crippen molar-refractivity contribution in [3.8, 4) is 0 Å². The number of nitrogens with one attached hydrogen (secondary N) is 2. The van der Waals surface area contributed by atoms with Crippen LogP contribution < -0.4 is 10.6 Å². The molecule has 2 aromatic carbocycles. The monoisotopic (exact) mass is 596 g/mol. The number of likely N-dealkylation sites (tertiary alicyclic amines) is 1. The van der Waals surface area contributed by atoms with Crippen LogP contribution in [0.4, 0.5) is 16.3 Å². The first-order valence-corrected chi connectivity index (χ1v) is 16.0. The largest absolute Gasteiger partial charge is 0.381 e. The van der Waals surface area contributed by atoms with Gasteiger partial charge in [0, 0.05) is 76.0 Å². The summed E-state index contributed by atoms with van der Waals surface area (Å²) < 4.78 is 5.56. The number of hydrogen-bond acceptors (Lipinski definition) is 6. The van der Waals surface area contributed by atoms with Crippen molar-refractivity contribution in [1.29, 1.82) is 0 Å². The van der Waals surface area contributed by atoms with E-state index in [0.717, 1.165) is 88.8 Å². The Labute approximate surface area is 260 Å². The number of aryl methyl sites for hydroxylation is 1. The molecule has 2 N–H and O–H groups in total. The third-order valence-electron chi connectivity index (χ3n) is 9.41. The minimum atomic E-state index is -0.102. The molecule has 0 spiro atoms. The summed E-state index contributed by atoms with van der Waals surface area (Å²) >= 11 is 0. The van der Waals surface area contributed by atoms with Gasteiger partial charge in [0.05, 0.1) is 6.04 Å². The van der Waals surface area contributed by atoms with E-state index in [-0.39, 0.29) is 24.0 Å². The van der Waals surface area contributed by atoms with Crippen LogP contribution in [0.5, 0.6) is 0 Å². The average Bonchev–Trinajstić information content (AvgIpc) is 3.38. The molecule has 3 aromatic rings. The Morgan fingerprint density at radius 1 is 0.955 bits per heavy atom. The molecule has 0 radical (unpaired) electrons. The smallest absolute Gasteiger partial charge is 0.320 e. The van der Waals surface area contributed by atoms with Crippen molar-refractivity contribution >= 4 is 23.4 Å². The second kappa shape index (κ2) is 13.8. The summed E-state index contributed by atoms with van der Waals surface area (Å²) in [7, 11) is 1.63. The second-order valence-electron chi connectivity index (χ2n) is 12.3. The Morgan fingerprint density at radius 2 is 1.68 bits per heavy atom. The van der Waals surface area contributed by atoms with Crippen LogP contribution >= 0.6 is 0 Å². The van der Waals surface area contributed by atoms with Crippen LogP contribution in [-0.4, -0.2) is 84.1 Å². The number of ether oxygens (including phenoxy) is 1. The first-order valence-electron chi connectivity index (χ1n) is 16.0. The molecule has 3 aliphatic rings. The number of benzene rings is 2. The average molecular weight is 597 g/mol. The topological polar surface area (TPSA) is 90.0 Å². The molecule has 4 heterocycles. The maximum Gasteiger partial charge on any atom is 0.320 e. The van der Waals surface area contributed by atoms with Gasteiger partial charge in [-0.25, -0.2) is 9.78 Å². The van der Waals surface area contributed by atoms with E-state index in [0.29, 0.717) is 11.5 Å². The van der Waals surface area contributed by atoms with E-state index >= 15 is 0 Å². The van der Waals surface area contributed by atoms with Gasteiger partial charge < -0.3 is 25.2 Å². The van der Waals surface area contributed by atoms with Crippen LogP contribution in [-0.2, 0) is 11.3 Å². The van der Waals surface area contributed by atoms with E-state index in [1.165, 1.54) is 11.1 Å². The number of urea groups is 1. The SMILES string of the molecule is CNC(=O)c1ccc(Nc2ccc(CN3CCC(N4C(=O)N(CC5CCOCC5)CC4c4ccccc4)CC3)c(C)n2)cc1. The molecule has 1 atom stereocenters. The second-order valence-corrected chi connectivity index (χ2v) is 12.3. The minimum absolute atomic E-state index is 0.102. The van der Waals surface area contributed by atoms with Gasteiger partial charge in [-0.05, 0) is 80.0 Å². The lowest BCUT2D eigenvalue weighted by Gasteiger charge is -2.39. The van der Waals surface area contributed by atoms with Gasteiger partial charge in [0.2, 0.25) is 0 Å². The fourth-order valence-electron chi connectivity index (χ4n) is 6.84. The molecule has 3 aliphatic heterocycles. The van der Waals surface area contributed by atoms with Crippen molar-refractivity contribution < 1.29 is 14.3 Å². The summed E-state index contributed by atoms with van der Waals surface area (Å²) in [6.45, 7) is 8.02. The quantitative estimate of drug-likeness (QED) is 0.346. The predicted molar refractivity (Wildman–Crippen MR) is 172 cm³/mol. The molecule has 3 amide bonds. The van der Waals surface area contributed by atoms with Gasteiger partial charge in [-0.15, -0.1) is 0 Å². The molecule has 9 nitrogen and oxygen atoms in total. The summed E-state index contributed by atoms with van der Waals surface area (Å²) in [6, 6.07) is 22.7. The van der Waals surface area contributed by atoms with Crippen LogP contribution in [0.25, 0.3) is 0 Å². The molecule has 6 rings (SSSR count). The minimum Gasteiger partial charge on any atom is -0.381 e. The molecule has 232 valence electrons. The van der Waals surface area contributed by atoms with Gasteiger partial charge >= 0.3 is 6.03 Å². The number of anilines is 2. The van der Waals surface area contributed by atoms with E-state index in [4.69, 9.17) is 9.72 Å². The molecule has 9 heteroatoms. The van der Waals surface area contributed by atoms with E-state index in [1.807, 2.05) is 24.3 Å². The van der Waals surface area contributed by atoms with E-state index in [2.05, 4.69) is 62.6 Å². The van der Waals surface area contributed by atoms with Crippen LogP contribution in [0.1, 0.15) is 58.9 Å². The molecule has 1 unspecified atom stereocenters. The fourth-order valence-corrected chi connectivity index (χ4v) is 6.84. The molecule has 0 saturated carbocycles. The van der Waals surface area contributed by atoms with Crippen molar-refractivity contribution in [1.82, 2.24) is 25.0 Å². The number of amides is 3. The molecule has 0 aliphatic carbocycles. The molecule has 1 aromatic heterocycles. The molecular weight excluding hydrogens is 552 g/mol. The molecule has 44 heavy (non-hydrogen) atoms. The lowest BCUT2D eigenvalue weighted by atomic mass is 9.98. The Morgan fingerprint density at radius 3 is 2.36 bits per heavy atom. The van der Waals surface area contributed by atoms with E-state index in [1.54, 1.807) is 19.2 Å². The Balaban J connectivity index is 1.06. The van der Waals surface area contributed by atoms with Gasteiger partial charge in [-0.3, -0.25) is 9.69 Å². The van der Waals surface area contributed by atoms with E-state index in [9.17, 15) is 9.59 Å². The van der Waals surface area contributed by atoms with Gasteiger partial charge in [-0.1, -0.05) is 36.4 Å². The predicted octanol–water partition coefficient (Wildman–Crippen LogP) is 5.36. The van der Waals surface area contributed by atoms with Gasteiger partial charge in [-0.2, -0.15) is 0 Å². The van der Waals surface area contributed by atoms with Crippen molar-refractivity contribution in [2.45, 2.75) is 51.2 Å². The molecular formula is C35H44N6O3.